The van der Waals surface area contributed by atoms with Crippen molar-refractivity contribution in [2.45, 2.75) is 19.3 Å². The Labute approximate surface area is 145 Å². The van der Waals surface area contributed by atoms with Gasteiger partial charge in [0, 0.05) is 17.9 Å². The van der Waals surface area contributed by atoms with Crippen molar-refractivity contribution >= 4 is 23.2 Å². The molecule has 0 bridgehead atoms. The number of benzene rings is 2. The lowest BCUT2D eigenvalue weighted by Gasteiger charge is -2.23. The summed E-state index contributed by atoms with van der Waals surface area (Å²) in [5, 5.41) is 11.7. The lowest BCUT2D eigenvalue weighted by atomic mass is 10.0. The molecular weight excluding hydrogens is 314 g/mol. The Balaban J connectivity index is 1.52. The SMILES string of the molecule is N#Cc1ccc(NC(=O)C2(C(=O)N3CCc4ccccc43)CC2)cc1. The van der Waals surface area contributed by atoms with Crippen molar-refractivity contribution in [3.05, 3.63) is 59.7 Å². The molecule has 1 saturated carbocycles. The van der Waals surface area contributed by atoms with Crippen LogP contribution in [0.15, 0.2) is 48.5 Å². The quantitative estimate of drug-likeness (QED) is 0.879. The number of anilines is 2. The number of amides is 2. The van der Waals surface area contributed by atoms with Gasteiger partial charge in [-0.15, -0.1) is 0 Å². The number of nitrogens with zero attached hydrogens (tertiary/aromatic N) is 2. The van der Waals surface area contributed by atoms with E-state index >= 15 is 0 Å². The third-order valence-corrected chi connectivity index (χ3v) is 5.00. The monoisotopic (exact) mass is 331 g/mol. The van der Waals surface area contributed by atoms with Gasteiger partial charge in [-0.25, -0.2) is 0 Å². The smallest absolute Gasteiger partial charge is 0.242 e. The van der Waals surface area contributed by atoms with Crippen LogP contribution < -0.4 is 10.2 Å². The molecule has 0 radical (unpaired) electrons. The molecule has 4 rings (SSSR count). The Bertz CT molecular complexity index is 892. The molecule has 124 valence electrons. The largest absolute Gasteiger partial charge is 0.325 e. The van der Waals surface area contributed by atoms with E-state index < -0.39 is 5.41 Å². The maximum atomic E-state index is 13.0. The lowest BCUT2D eigenvalue weighted by molar-refractivity contribution is -0.132. The average Bonchev–Trinajstić information content (AvgIpc) is 3.35. The molecule has 0 atom stereocenters. The van der Waals surface area contributed by atoms with Gasteiger partial charge >= 0.3 is 0 Å². The maximum absolute atomic E-state index is 13.0. The highest BCUT2D eigenvalue weighted by atomic mass is 16.2. The van der Waals surface area contributed by atoms with Gasteiger partial charge < -0.3 is 10.2 Å². The van der Waals surface area contributed by atoms with Gasteiger partial charge in [0.15, 0.2) is 0 Å². The molecule has 2 aliphatic rings. The van der Waals surface area contributed by atoms with Gasteiger partial charge in [0.1, 0.15) is 5.41 Å². The highest BCUT2D eigenvalue weighted by Crippen LogP contribution is 2.49. The van der Waals surface area contributed by atoms with Gasteiger partial charge in [-0.1, -0.05) is 18.2 Å². The Morgan fingerprint density at radius 2 is 1.80 bits per heavy atom. The fraction of sp³-hybridized carbons (Fsp3) is 0.250. The summed E-state index contributed by atoms with van der Waals surface area (Å²) >= 11 is 0. The second-order valence-electron chi connectivity index (χ2n) is 6.56. The van der Waals surface area contributed by atoms with Crippen molar-refractivity contribution in [1.82, 2.24) is 0 Å². The average molecular weight is 331 g/mol. The molecule has 1 aliphatic carbocycles. The predicted molar refractivity (Wildman–Crippen MR) is 94.0 cm³/mol. The van der Waals surface area contributed by atoms with Gasteiger partial charge in [-0.3, -0.25) is 9.59 Å². The van der Waals surface area contributed by atoms with Crippen molar-refractivity contribution in [3.8, 4) is 6.07 Å². The molecule has 0 saturated heterocycles. The molecular formula is C20H17N3O2. The summed E-state index contributed by atoms with van der Waals surface area (Å²) in [7, 11) is 0. The zero-order chi connectivity index (χ0) is 17.4. The molecule has 0 unspecified atom stereocenters. The number of nitrogens with one attached hydrogen (secondary N) is 1. The summed E-state index contributed by atoms with van der Waals surface area (Å²) in [4.78, 5) is 27.5. The molecule has 2 amide bonds. The highest BCUT2D eigenvalue weighted by molar-refractivity contribution is 6.18. The van der Waals surface area contributed by atoms with Crippen LogP contribution in [-0.2, 0) is 16.0 Å². The molecule has 5 heteroatoms. The fourth-order valence-electron chi connectivity index (χ4n) is 3.35. The van der Waals surface area contributed by atoms with E-state index in [0.29, 0.717) is 30.6 Å². The lowest BCUT2D eigenvalue weighted by Crippen LogP contribution is -2.42. The summed E-state index contributed by atoms with van der Waals surface area (Å²) in [6.07, 6.45) is 1.98. The van der Waals surface area contributed by atoms with Crippen LogP contribution in [0.25, 0.3) is 0 Å². The van der Waals surface area contributed by atoms with Crippen LogP contribution in [0.3, 0.4) is 0 Å². The van der Waals surface area contributed by atoms with Crippen LogP contribution in [0.1, 0.15) is 24.0 Å². The van der Waals surface area contributed by atoms with Gasteiger partial charge in [0.2, 0.25) is 11.8 Å². The number of hydrogen-bond donors (Lipinski definition) is 1. The normalized spacial score (nSPS) is 16.7. The Hall–Kier alpha value is -3.13. The third-order valence-electron chi connectivity index (χ3n) is 5.00. The summed E-state index contributed by atoms with van der Waals surface area (Å²) in [6, 6.07) is 16.6. The summed E-state index contributed by atoms with van der Waals surface area (Å²) < 4.78 is 0. The van der Waals surface area contributed by atoms with Gasteiger partial charge in [0.25, 0.3) is 0 Å². The minimum atomic E-state index is -0.953. The maximum Gasteiger partial charge on any atom is 0.242 e. The molecule has 2 aromatic carbocycles. The van der Waals surface area contributed by atoms with Gasteiger partial charge in [-0.2, -0.15) is 5.26 Å². The Morgan fingerprint density at radius 1 is 1.08 bits per heavy atom. The first-order chi connectivity index (χ1) is 12.1. The Kier molecular flexibility index (Phi) is 3.54. The summed E-state index contributed by atoms with van der Waals surface area (Å²) in [6.45, 7) is 0.629. The molecule has 0 aromatic heterocycles. The van der Waals surface area contributed by atoms with Crippen molar-refractivity contribution in [1.29, 1.82) is 5.26 Å². The zero-order valence-electron chi connectivity index (χ0n) is 13.7. The van der Waals surface area contributed by atoms with Crippen LogP contribution in [0.2, 0.25) is 0 Å². The summed E-state index contributed by atoms with van der Waals surface area (Å²) in [5.74, 6) is -0.366. The molecule has 25 heavy (non-hydrogen) atoms. The number of para-hydroxylation sites is 1. The molecule has 2 aromatic rings. The molecule has 1 heterocycles. The van der Waals surface area contributed by atoms with Crippen LogP contribution in [-0.4, -0.2) is 18.4 Å². The van der Waals surface area contributed by atoms with E-state index in [1.165, 1.54) is 0 Å². The number of rotatable bonds is 3. The standard InChI is InChI=1S/C20H17N3O2/c21-13-14-5-7-16(8-6-14)22-18(24)20(10-11-20)19(25)23-12-9-15-3-1-2-4-17(15)23/h1-8H,9-12H2,(H,22,24). The number of hydrogen-bond acceptors (Lipinski definition) is 3. The summed E-state index contributed by atoms with van der Waals surface area (Å²) in [5.41, 5.74) is 2.25. The van der Waals surface area contributed by atoms with Crippen molar-refractivity contribution in [2.75, 3.05) is 16.8 Å². The van der Waals surface area contributed by atoms with Crippen molar-refractivity contribution in [2.24, 2.45) is 5.41 Å². The second kappa shape index (κ2) is 5.75. The van der Waals surface area contributed by atoms with E-state index in [0.717, 1.165) is 17.7 Å². The molecule has 1 fully saturated rings. The first-order valence-electron chi connectivity index (χ1n) is 8.35. The minimum Gasteiger partial charge on any atom is -0.325 e. The molecule has 1 aliphatic heterocycles. The predicted octanol–water partition coefficient (Wildman–Crippen LogP) is 2.87. The Morgan fingerprint density at radius 3 is 2.48 bits per heavy atom. The topological polar surface area (TPSA) is 73.2 Å². The van der Waals surface area contributed by atoms with Crippen LogP contribution in [0.5, 0.6) is 0 Å². The van der Waals surface area contributed by atoms with E-state index in [9.17, 15) is 9.59 Å². The second-order valence-corrected chi connectivity index (χ2v) is 6.56. The third kappa shape index (κ3) is 2.56. The molecule has 1 N–H and O–H groups in total. The van der Waals surface area contributed by atoms with Gasteiger partial charge in [0.05, 0.1) is 11.6 Å². The molecule has 5 nitrogen and oxygen atoms in total. The number of nitriles is 1. The van der Waals surface area contributed by atoms with E-state index in [4.69, 9.17) is 5.26 Å². The van der Waals surface area contributed by atoms with E-state index in [-0.39, 0.29) is 11.8 Å². The van der Waals surface area contributed by atoms with Crippen LogP contribution in [0, 0.1) is 16.7 Å². The van der Waals surface area contributed by atoms with E-state index in [1.807, 2.05) is 30.3 Å². The minimum absolute atomic E-state index is 0.108. The number of carbonyl (C=O) groups excluding carboxylic acids is 2. The first kappa shape index (κ1) is 15.4. The van der Waals surface area contributed by atoms with Crippen LogP contribution >= 0.6 is 0 Å². The zero-order valence-corrected chi connectivity index (χ0v) is 13.7. The van der Waals surface area contributed by atoms with E-state index in [1.54, 1.807) is 29.2 Å². The number of carbonyl (C=O) groups is 2. The first-order valence-corrected chi connectivity index (χ1v) is 8.35. The fourth-order valence-corrected chi connectivity index (χ4v) is 3.35. The van der Waals surface area contributed by atoms with E-state index in [2.05, 4.69) is 5.32 Å². The van der Waals surface area contributed by atoms with Crippen molar-refractivity contribution < 1.29 is 9.59 Å². The van der Waals surface area contributed by atoms with Crippen molar-refractivity contribution in [3.63, 3.8) is 0 Å². The van der Waals surface area contributed by atoms with Gasteiger partial charge in [-0.05, 0) is 55.2 Å². The molecule has 0 spiro atoms. The van der Waals surface area contributed by atoms with Crippen LogP contribution in [0.4, 0.5) is 11.4 Å². The number of fused-ring (bicyclic) bond motifs is 1. The highest BCUT2D eigenvalue weighted by Gasteiger charge is 2.58.